The average molecular weight is 505 g/mol. The Labute approximate surface area is 215 Å². The maximum Gasteiger partial charge on any atom is 0.257 e. The number of anilines is 3. The van der Waals surface area contributed by atoms with Gasteiger partial charge in [0.05, 0.1) is 43.7 Å². The Balaban J connectivity index is 1.38. The summed E-state index contributed by atoms with van der Waals surface area (Å²) in [6.07, 6.45) is 0.731. The van der Waals surface area contributed by atoms with Crippen LogP contribution in [0.5, 0.6) is 5.75 Å². The van der Waals surface area contributed by atoms with Gasteiger partial charge in [0, 0.05) is 26.2 Å². The monoisotopic (exact) mass is 504 g/mol. The topological polar surface area (TPSA) is 100 Å². The lowest BCUT2D eigenvalue weighted by Gasteiger charge is -2.43. The Bertz CT molecular complexity index is 1330. The van der Waals surface area contributed by atoms with E-state index >= 15 is 0 Å². The van der Waals surface area contributed by atoms with Crippen LogP contribution in [0.4, 0.5) is 17.1 Å². The molecule has 2 heterocycles. The fourth-order valence-corrected chi connectivity index (χ4v) is 5.19. The molecule has 0 saturated carbocycles. The molecule has 2 N–H and O–H groups in total. The van der Waals surface area contributed by atoms with E-state index in [1.54, 1.807) is 18.2 Å². The quantitative estimate of drug-likeness (QED) is 0.452. The molecular weight excluding hydrogens is 472 g/mol. The van der Waals surface area contributed by atoms with Crippen molar-refractivity contribution in [3.8, 4) is 5.75 Å². The predicted molar refractivity (Wildman–Crippen MR) is 143 cm³/mol. The first kappa shape index (κ1) is 25.0. The molecule has 0 radical (unpaired) electrons. The van der Waals surface area contributed by atoms with Crippen molar-refractivity contribution in [1.82, 2.24) is 9.80 Å². The first-order valence-electron chi connectivity index (χ1n) is 12.7. The number of hydrogen-bond acceptors (Lipinski definition) is 8. The summed E-state index contributed by atoms with van der Waals surface area (Å²) in [5.74, 6) is 0.202. The van der Waals surface area contributed by atoms with Crippen LogP contribution >= 0.6 is 0 Å². The van der Waals surface area contributed by atoms with Gasteiger partial charge in [-0.2, -0.15) is 0 Å². The molecule has 2 aliphatic rings. The number of piperazine rings is 1. The number of rotatable bonds is 8. The van der Waals surface area contributed by atoms with E-state index in [9.17, 15) is 14.4 Å². The second-order valence-corrected chi connectivity index (χ2v) is 9.45. The third-order valence-corrected chi connectivity index (χ3v) is 7.27. The lowest BCUT2D eigenvalue weighted by atomic mass is 10.0. The molecule has 5 rings (SSSR count). The highest BCUT2D eigenvalue weighted by molar-refractivity contribution is 5.99. The second-order valence-electron chi connectivity index (χ2n) is 9.45. The van der Waals surface area contributed by atoms with E-state index in [-0.39, 0.29) is 29.4 Å². The molecule has 2 unspecified atom stereocenters. The molecule has 0 bridgehead atoms. The van der Waals surface area contributed by atoms with E-state index in [4.69, 9.17) is 9.47 Å². The van der Waals surface area contributed by atoms with Crippen molar-refractivity contribution in [2.75, 3.05) is 57.1 Å². The molecule has 2 aliphatic heterocycles. The molecule has 9 nitrogen and oxygen atoms in total. The summed E-state index contributed by atoms with van der Waals surface area (Å²) in [4.78, 5) is 42.7. The summed E-state index contributed by atoms with van der Waals surface area (Å²) in [5, 5.41) is 6.31. The molecule has 194 valence electrons. The molecule has 0 spiro atoms. The number of carbonyl (C=O) groups excluding carboxylic acids is 1. The lowest BCUT2D eigenvalue weighted by molar-refractivity contribution is -0.0395. The van der Waals surface area contributed by atoms with Crippen molar-refractivity contribution in [2.45, 2.75) is 25.4 Å². The van der Waals surface area contributed by atoms with Gasteiger partial charge < -0.3 is 25.0 Å². The van der Waals surface area contributed by atoms with Gasteiger partial charge in [-0.1, -0.05) is 43.3 Å². The van der Waals surface area contributed by atoms with E-state index in [0.29, 0.717) is 36.7 Å². The van der Waals surface area contributed by atoms with Crippen LogP contribution in [0.1, 0.15) is 35.3 Å². The summed E-state index contributed by atoms with van der Waals surface area (Å²) in [7, 11) is 1.49. The van der Waals surface area contributed by atoms with Crippen LogP contribution in [0, 0.1) is 0 Å². The number of methoxy groups -OCH3 is 1. The van der Waals surface area contributed by atoms with Gasteiger partial charge in [0.25, 0.3) is 16.8 Å². The predicted octanol–water partition coefficient (Wildman–Crippen LogP) is 2.75. The zero-order valence-corrected chi connectivity index (χ0v) is 21.2. The normalized spacial score (nSPS) is 18.8. The number of nitrogens with zero attached hydrogens (tertiary/aromatic N) is 2. The lowest BCUT2D eigenvalue weighted by Crippen LogP contribution is -2.59. The molecule has 2 atom stereocenters. The molecule has 0 aromatic heterocycles. The molecule has 0 aliphatic carbocycles. The third kappa shape index (κ3) is 4.84. The Morgan fingerprint density at radius 2 is 1.84 bits per heavy atom. The van der Waals surface area contributed by atoms with Gasteiger partial charge in [-0.3, -0.25) is 19.3 Å². The van der Waals surface area contributed by atoms with Crippen LogP contribution in [0.3, 0.4) is 0 Å². The van der Waals surface area contributed by atoms with Crippen molar-refractivity contribution < 1.29 is 14.3 Å². The summed E-state index contributed by atoms with van der Waals surface area (Å²) in [5.41, 5.74) is 1.14. The van der Waals surface area contributed by atoms with Gasteiger partial charge >= 0.3 is 0 Å². The SMILES string of the molecule is CCC(Nc1c(Nc2cccc(C(=O)N3CCN4CCOCC4C3)c2OC)c(=O)c1=O)c1ccccc1. The standard InChI is InChI=1S/C28H32N4O5/c1-3-21(18-8-5-4-6-9-18)29-23-24(26(34)25(23)33)30-22-11-7-10-20(27(22)36-2)28(35)32-13-12-31-14-15-37-17-19(31)16-32/h4-11,19,21,29-30H,3,12-17H2,1-2H3. The van der Waals surface area contributed by atoms with Gasteiger partial charge in [0.1, 0.15) is 11.4 Å². The van der Waals surface area contributed by atoms with Crippen LogP contribution in [-0.2, 0) is 4.74 Å². The van der Waals surface area contributed by atoms with Gasteiger partial charge in [-0.15, -0.1) is 0 Å². The number of fused-ring (bicyclic) bond motifs is 1. The molecule has 2 saturated heterocycles. The van der Waals surface area contributed by atoms with Crippen LogP contribution in [0.15, 0.2) is 58.1 Å². The molecule has 3 aromatic rings. The van der Waals surface area contributed by atoms with E-state index < -0.39 is 10.9 Å². The zero-order chi connectivity index (χ0) is 25.9. The molecule has 2 fully saturated rings. The largest absolute Gasteiger partial charge is 0.494 e. The van der Waals surface area contributed by atoms with Gasteiger partial charge in [0.2, 0.25) is 0 Å². The van der Waals surface area contributed by atoms with Crippen molar-refractivity contribution in [1.29, 1.82) is 0 Å². The van der Waals surface area contributed by atoms with Crippen molar-refractivity contribution in [2.24, 2.45) is 0 Å². The molecule has 1 amide bonds. The maximum absolute atomic E-state index is 13.5. The number of nitrogens with one attached hydrogen (secondary N) is 2. The first-order valence-corrected chi connectivity index (χ1v) is 12.7. The second kappa shape index (κ2) is 10.7. The first-order chi connectivity index (χ1) is 18.0. The number of carbonyl (C=O) groups is 1. The van der Waals surface area contributed by atoms with Crippen molar-refractivity contribution in [3.63, 3.8) is 0 Å². The van der Waals surface area contributed by atoms with Crippen molar-refractivity contribution in [3.05, 3.63) is 80.1 Å². The Morgan fingerprint density at radius 1 is 1.05 bits per heavy atom. The fraction of sp³-hybridized carbons (Fsp3) is 0.393. The molecular formula is C28H32N4O5. The minimum absolute atomic E-state index is 0.123. The fourth-order valence-electron chi connectivity index (χ4n) is 5.19. The summed E-state index contributed by atoms with van der Waals surface area (Å²) >= 11 is 0. The smallest absolute Gasteiger partial charge is 0.257 e. The van der Waals surface area contributed by atoms with E-state index in [2.05, 4.69) is 15.5 Å². The Hall–Kier alpha value is -3.69. The Kier molecular flexibility index (Phi) is 7.25. The summed E-state index contributed by atoms with van der Waals surface area (Å²) < 4.78 is 11.3. The molecule has 37 heavy (non-hydrogen) atoms. The van der Waals surface area contributed by atoms with Crippen molar-refractivity contribution >= 4 is 23.0 Å². The minimum Gasteiger partial charge on any atom is -0.494 e. The number of amides is 1. The summed E-state index contributed by atoms with van der Waals surface area (Å²) in [6.45, 7) is 6.26. The number of morpholine rings is 1. The average Bonchev–Trinajstić information content (AvgIpc) is 2.96. The highest BCUT2D eigenvalue weighted by Gasteiger charge is 2.33. The number of para-hydroxylation sites is 1. The van der Waals surface area contributed by atoms with E-state index in [1.165, 1.54) is 7.11 Å². The molecule has 9 heteroatoms. The maximum atomic E-state index is 13.5. The number of hydrogen-bond donors (Lipinski definition) is 2. The highest BCUT2D eigenvalue weighted by atomic mass is 16.5. The van der Waals surface area contributed by atoms with Crippen LogP contribution in [-0.4, -0.2) is 68.3 Å². The van der Waals surface area contributed by atoms with Gasteiger partial charge in [0.15, 0.2) is 5.75 Å². The van der Waals surface area contributed by atoms with Gasteiger partial charge in [-0.25, -0.2) is 0 Å². The van der Waals surface area contributed by atoms with Crippen LogP contribution in [0.25, 0.3) is 0 Å². The van der Waals surface area contributed by atoms with E-state index in [1.807, 2.05) is 42.2 Å². The zero-order valence-electron chi connectivity index (χ0n) is 21.2. The minimum atomic E-state index is -0.599. The van der Waals surface area contributed by atoms with E-state index in [0.717, 1.165) is 31.7 Å². The third-order valence-electron chi connectivity index (χ3n) is 7.27. The Morgan fingerprint density at radius 3 is 2.59 bits per heavy atom. The van der Waals surface area contributed by atoms with Crippen LogP contribution < -0.4 is 26.2 Å². The van der Waals surface area contributed by atoms with Crippen LogP contribution in [0.2, 0.25) is 0 Å². The number of ether oxygens (including phenoxy) is 2. The van der Waals surface area contributed by atoms with Gasteiger partial charge in [-0.05, 0) is 24.1 Å². The molecule has 3 aromatic carbocycles. The highest BCUT2D eigenvalue weighted by Crippen LogP contribution is 2.34. The summed E-state index contributed by atoms with van der Waals surface area (Å²) in [6, 6.07) is 15.0. The number of benzene rings is 2.